The van der Waals surface area contributed by atoms with Crippen LogP contribution in [0.2, 0.25) is 0 Å². The summed E-state index contributed by atoms with van der Waals surface area (Å²) in [7, 11) is 0. The Morgan fingerprint density at radius 2 is 0.930 bits per heavy atom. The number of furan rings is 1. The average Bonchev–Trinajstić information content (AvgIpc) is 3.94. The van der Waals surface area contributed by atoms with Gasteiger partial charge in [0.25, 0.3) is 0 Å². The predicted octanol–water partition coefficient (Wildman–Crippen LogP) is 13.6. The van der Waals surface area contributed by atoms with E-state index in [1.807, 2.05) is 42.5 Å². The number of aromatic nitrogens is 4. The zero-order chi connectivity index (χ0) is 37.5. The lowest BCUT2D eigenvalue weighted by Crippen LogP contribution is -1.96. The second-order valence-corrected chi connectivity index (χ2v) is 14.6. The molecular formula is C52H32N4O. The van der Waals surface area contributed by atoms with E-state index in [2.05, 4.69) is 161 Å². The largest absolute Gasteiger partial charge is 0.454 e. The Labute approximate surface area is 327 Å². The van der Waals surface area contributed by atoms with Gasteiger partial charge in [-0.25, -0.2) is 9.97 Å². The molecule has 5 heteroatoms. The maximum Gasteiger partial charge on any atom is 0.161 e. The lowest BCUT2D eigenvalue weighted by molar-refractivity contribution is 0.666. The molecule has 0 saturated heterocycles. The highest BCUT2D eigenvalue weighted by Gasteiger charge is 2.23. The molecular weight excluding hydrogens is 697 g/mol. The fourth-order valence-electron chi connectivity index (χ4n) is 8.82. The molecule has 0 fully saturated rings. The number of benzene rings is 8. The van der Waals surface area contributed by atoms with E-state index in [9.17, 15) is 0 Å². The molecule has 5 nitrogen and oxygen atoms in total. The Hall–Kier alpha value is -7.76. The normalized spacial score (nSPS) is 11.9. The third-order valence-electron chi connectivity index (χ3n) is 11.3. The van der Waals surface area contributed by atoms with Gasteiger partial charge in [-0.05, 0) is 54.6 Å². The molecule has 4 heterocycles. The van der Waals surface area contributed by atoms with E-state index in [1.54, 1.807) is 0 Å². The zero-order valence-electron chi connectivity index (χ0n) is 30.7. The molecule has 0 radical (unpaired) electrons. The van der Waals surface area contributed by atoms with Crippen LogP contribution in [0.5, 0.6) is 0 Å². The minimum atomic E-state index is 0.655. The summed E-state index contributed by atoms with van der Waals surface area (Å²) in [5.41, 5.74) is 13.0. The van der Waals surface area contributed by atoms with Gasteiger partial charge in [0.05, 0.1) is 39.1 Å². The van der Waals surface area contributed by atoms with E-state index in [0.717, 1.165) is 77.9 Å². The zero-order valence-corrected chi connectivity index (χ0v) is 30.7. The molecule has 12 aromatic rings. The minimum absolute atomic E-state index is 0.655. The molecule has 57 heavy (non-hydrogen) atoms. The molecule has 0 unspecified atom stereocenters. The van der Waals surface area contributed by atoms with Crippen molar-refractivity contribution in [2.45, 2.75) is 0 Å². The van der Waals surface area contributed by atoms with Crippen LogP contribution >= 0.6 is 0 Å². The number of rotatable bonds is 5. The molecule has 0 aliphatic rings. The van der Waals surface area contributed by atoms with Gasteiger partial charge in [0.2, 0.25) is 0 Å². The van der Waals surface area contributed by atoms with Gasteiger partial charge in [0, 0.05) is 54.7 Å². The van der Waals surface area contributed by atoms with Crippen molar-refractivity contribution in [1.82, 2.24) is 19.1 Å². The first-order valence-electron chi connectivity index (χ1n) is 19.3. The Balaban J connectivity index is 1.13. The Kier molecular flexibility index (Phi) is 6.86. The van der Waals surface area contributed by atoms with Crippen molar-refractivity contribution in [3.63, 3.8) is 0 Å². The summed E-state index contributed by atoms with van der Waals surface area (Å²) in [6, 6.07) is 68.2. The van der Waals surface area contributed by atoms with Crippen molar-refractivity contribution >= 4 is 65.6 Å². The Morgan fingerprint density at radius 1 is 0.386 bits per heavy atom. The molecule has 4 aromatic heterocycles. The lowest BCUT2D eigenvalue weighted by Gasteiger charge is -2.11. The van der Waals surface area contributed by atoms with Gasteiger partial charge in [-0.2, -0.15) is 0 Å². The molecule has 0 saturated carbocycles. The fraction of sp³-hybridized carbons (Fsp3) is 0. The molecule has 0 N–H and O–H groups in total. The van der Waals surface area contributed by atoms with Crippen LogP contribution in [-0.2, 0) is 0 Å². The first-order chi connectivity index (χ1) is 28.3. The van der Waals surface area contributed by atoms with E-state index in [0.29, 0.717) is 5.82 Å². The number of nitrogens with zero attached hydrogens (tertiary/aromatic N) is 4. The molecule has 0 amide bonds. The summed E-state index contributed by atoms with van der Waals surface area (Å²) >= 11 is 0. The van der Waals surface area contributed by atoms with E-state index in [4.69, 9.17) is 14.4 Å². The van der Waals surface area contributed by atoms with E-state index in [1.165, 1.54) is 27.1 Å². The summed E-state index contributed by atoms with van der Waals surface area (Å²) in [5, 5.41) is 6.85. The maximum absolute atomic E-state index is 6.94. The molecule has 0 aliphatic heterocycles. The second kappa shape index (κ2) is 12.4. The predicted molar refractivity (Wildman–Crippen MR) is 234 cm³/mol. The van der Waals surface area contributed by atoms with Gasteiger partial charge in [0.15, 0.2) is 11.4 Å². The summed E-state index contributed by atoms with van der Waals surface area (Å²) in [4.78, 5) is 10.4. The number of hydrogen-bond acceptors (Lipinski definition) is 3. The highest BCUT2D eigenvalue weighted by molar-refractivity contribution is 6.20. The van der Waals surface area contributed by atoms with Gasteiger partial charge in [-0.15, -0.1) is 0 Å². The average molecular weight is 729 g/mol. The lowest BCUT2D eigenvalue weighted by atomic mass is 10.0. The highest BCUT2D eigenvalue weighted by Crippen LogP contribution is 2.43. The third kappa shape index (κ3) is 4.82. The number of para-hydroxylation sites is 4. The molecule has 0 spiro atoms. The molecule has 0 bridgehead atoms. The van der Waals surface area contributed by atoms with Crippen molar-refractivity contribution in [1.29, 1.82) is 0 Å². The van der Waals surface area contributed by atoms with Crippen molar-refractivity contribution in [2.75, 3.05) is 0 Å². The third-order valence-corrected chi connectivity index (χ3v) is 11.3. The SMILES string of the molecule is c1ccc(-c2cc(-c3ccccc3)nc(-c3cccc4oc5c(-n6c7ccccc7c7cc8c9ccccc9n(-c9ccccc9)c8cc76)cccc5c34)n2)cc1. The molecule has 12 rings (SSSR count). The smallest absolute Gasteiger partial charge is 0.161 e. The van der Waals surface area contributed by atoms with Gasteiger partial charge >= 0.3 is 0 Å². The highest BCUT2D eigenvalue weighted by atomic mass is 16.3. The Morgan fingerprint density at radius 3 is 1.60 bits per heavy atom. The van der Waals surface area contributed by atoms with Gasteiger partial charge in [-0.3, -0.25) is 0 Å². The van der Waals surface area contributed by atoms with Crippen LogP contribution in [0, 0.1) is 0 Å². The van der Waals surface area contributed by atoms with Crippen LogP contribution in [0.4, 0.5) is 0 Å². The molecule has 0 aliphatic carbocycles. The summed E-state index contributed by atoms with van der Waals surface area (Å²) in [6.45, 7) is 0. The first-order valence-corrected chi connectivity index (χ1v) is 19.3. The van der Waals surface area contributed by atoms with Gasteiger partial charge < -0.3 is 13.6 Å². The van der Waals surface area contributed by atoms with Crippen molar-refractivity contribution in [2.24, 2.45) is 0 Å². The van der Waals surface area contributed by atoms with Crippen LogP contribution < -0.4 is 0 Å². The summed E-state index contributed by atoms with van der Waals surface area (Å²) in [5.74, 6) is 0.655. The standard InChI is InChI=1S/C52H32N4O/c1-4-16-33(17-5-1)42-31-43(34-18-6-2-7-19-34)54-52(53-42)39-25-15-29-49-50(39)38-24-14-28-46(51(38)57-49)56-45-27-13-11-23-37(45)41-30-40-36-22-10-12-26-44(36)55(47(40)32-48(41)56)35-20-8-3-9-21-35/h1-32H. The van der Waals surface area contributed by atoms with E-state index < -0.39 is 0 Å². The van der Waals surface area contributed by atoms with E-state index in [-0.39, 0.29) is 0 Å². The molecule has 8 aromatic carbocycles. The molecule has 0 atom stereocenters. The van der Waals surface area contributed by atoms with Crippen LogP contribution in [0.25, 0.3) is 111 Å². The van der Waals surface area contributed by atoms with Crippen molar-refractivity contribution in [3.05, 3.63) is 194 Å². The summed E-state index contributed by atoms with van der Waals surface area (Å²) < 4.78 is 11.7. The van der Waals surface area contributed by atoms with Gasteiger partial charge in [-0.1, -0.05) is 140 Å². The monoisotopic (exact) mass is 728 g/mol. The second-order valence-electron chi connectivity index (χ2n) is 14.6. The van der Waals surface area contributed by atoms with Crippen molar-refractivity contribution < 1.29 is 4.42 Å². The van der Waals surface area contributed by atoms with Crippen LogP contribution in [0.3, 0.4) is 0 Å². The van der Waals surface area contributed by atoms with Crippen molar-refractivity contribution in [3.8, 4) is 45.3 Å². The van der Waals surface area contributed by atoms with Crippen LogP contribution in [0.1, 0.15) is 0 Å². The fourth-order valence-corrected chi connectivity index (χ4v) is 8.82. The first kappa shape index (κ1) is 31.6. The van der Waals surface area contributed by atoms with Crippen LogP contribution in [-0.4, -0.2) is 19.1 Å². The number of fused-ring (bicyclic) bond motifs is 9. The molecule has 266 valence electrons. The quantitative estimate of drug-likeness (QED) is 0.177. The van der Waals surface area contributed by atoms with E-state index >= 15 is 0 Å². The Bertz CT molecular complexity index is 3450. The van der Waals surface area contributed by atoms with Gasteiger partial charge in [0.1, 0.15) is 5.58 Å². The minimum Gasteiger partial charge on any atom is -0.454 e. The topological polar surface area (TPSA) is 48.8 Å². The number of hydrogen-bond donors (Lipinski definition) is 0. The van der Waals surface area contributed by atoms with Crippen LogP contribution in [0.15, 0.2) is 199 Å². The summed E-state index contributed by atoms with van der Waals surface area (Å²) in [6.07, 6.45) is 0. The maximum atomic E-state index is 6.94.